The van der Waals surface area contributed by atoms with Crippen molar-refractivity contribution < 1.29 is 33.4 Å². The Balaban J connectivity index is 2.84. The van der Waals surface area contributed by atoms with Crippen LogP contribution in [-0.4, -0.2) is 60.2 Å². The number of nitrogens with one attached hydrogen (secondary N) is 4. The van der Waals surface area contributed by atoms with Crippen molar-refractivity contribution >= 4 is 29.9 Å². The lowest BCUT2D eigenvalue weighted by Crippen LogP contribution is -2.58. The molecule has 0 aromatic heterocycles. The molecule has 0 heterocycles. The lowest BCUT2D eigenvalue weighted by atomic mass is 9.99. The van der Waals surface area contributed by atoms with Crippen molar-refractivity contribution in [2.24, 2.45) is 17.6 Å². The molecule has 0 fully saturated rings. The summed E-state index contributed by atoms with van der Waals surface area (Å²) in [7, 11) is 0. The third-order valence-corrected chi connectivity index (χ3v) is 5.77. The number of rotatable bonds is 15. The predicted molar refractivity (Wildman–Crippen MR) is 154 cm³/mol. The molecule has 0 bridgehead atoms. The molecule has 1 aromatic carbocycles. The van der Waals surface area contributed by atoms with Gasteiger partial charge in [0.2, 0.25) is 17.7 Å². The third-order valence-electron chi connectivity index (χ3n) is 5.77. The van der Waals surface area contributed by atoms with Crippen molar-refractivity contribution in [3.8, 4) is 0 Å². The minimum atomic E-state index is -1.07. The number of hydrogen-bond acceptors (Lipinski definition) is 7. The second kappa shape index (κ2) is 17.1. The number of ether oxygens (including phenoxy) is 2. The van der Waals surface area contributed by atoms with E-state index in [1.54, 1.807) is 34.6 Å². The van der Waals surface area contributed by atoms with E-state index in [9.17, 15) is 24.0 Å². The number of carbonyl (C=O) groups is 5. The summed E-state index contributed by atoms with van der Waals surface area (Å²) in [5.41, 5.74) is 5.51. The largest absolute Gasteiger partial charge is 0.445 e. The average molecular weight is 578 g/mol. The summed E-state index contributed by atoms with van der Waals surface area (Å²) in [6.07, 6.45) is -0.622. The average Bonchev–Trinajstić information content (AvgIpc) is 2.86. The van der Waals surface area contributed by atoms with Crippen LogP contribution >= 0.6 is 0 Å². The number of amides is 5. The SMILES string of the molecule is CC(C)C[C@H](NC(=O)[C@H](NC(=O)[C@H](CCCNC(=O)OCc1ccccc1)NC(=O)OC(C)(C)C)C(C)C)C(N)=O. The van der Waals surface area contributed by atoms with E-state index in [2.05, 4.69) is 21.3 Å². The first-order valence-electron chi connectivity index (χ1n) is 13.9. The molecule has 0 saturated carbocycles. The van der Waals surface area contributed by atoms with Crippen LogP contribution < -0.4 is 27.0 Å². The summed E-state index contributed by atoms with van der Waals surface area (Å²) in [5, 5.41) is 10.5. The second-order valence-electron chi connectivity index (χ2n) is 11.7. The zero-order valence-corrected chi connectivity index (χ0v) is 25.2. The third kappa shape index (κ3) is 14.9. The maximum atomic E-state index is 13.3. The molecule has 1 rings (SSSR count). The number of benzene rings is 1. The standard InChI is InChI=1S/C29H47N5O7/c1-18(2)16-22(24(30)35)32-26(37)23(19(3)4)34-25(36)21(33-28(39)41-29(5,6)7)14-11-15-31-27(38)40-17-20-12-9-8-10-13-20/h8-10,12-13,18-19,21-23H,11,14-17H2,1-7H3,(H2,30,35)(H,31,38)(H,32,37)(H,33,39)(H,34,36)/t21-,22-,23+/m0/s1. The molecule has 3 atom stereocenters. The molecule has 12 nitrogen and oxygen atoms in total. The second-order valence-corrected chi connectivity index (χ2v) is 11.7. The summed E-state index contributed by atoms with van der Waals surface area (Å²) >= 11 is 0. The fraction of sp³-hybridized carbons (Fsp3) is 0.621. The molecule has 0 aliphatic carbocycles. The van der Waals surface area contributed by atoms with Gasteiger partial charge in [-0.1, -0.05) is 58.0 Å². The Kier molecular flexibility index (Phi) is 14.7. The Morgan fingerprint density at radius 3 is 2.02 bits per heavy atom. The van der Waals surface area contributed by atoms with Gasteiger partial charge in [-0.25, -0.2) is 9.59 Å². The molecule has 230 valence electrons. The van der Waals surface area contributed by atoms with Crippen LogP contribution in [0.15, 0.2) is 30.3 Å². The van der Waals surface area contributed by atoms with E-state index in [1.165, 1.54) is 0 Å². The molecule has 5 amide bonds. The zero-order valence-electron chi connectivity index (χ0n) is 25.2. The molecule has 0 spiro atoms. The Morgan fingerprint density at radius 2 is 1.49 bits per heavy atom. The van der Waals surface area contributed by atoms with Crippen LogP contribution in [0.3, 0.4) is 0 Å². The smallest absolute Gasteiger partial charge is 0.408 e. The van der Waals surface area contributed by atoms with Crippen molar-refractivity contribution in [1.29, 1.82) is 0 Å². The molecule has 41 heavy (non-hydrogen) atoms. The number of alkyl carbamates (subject to hydrolysis) is 2. The van der Waals surface area contributed by atoms with Crippen molar-refractivity contribution in [3.05, 3.63) is 35.9 Å². The van der Waals surface area contributed by atoms with Gasteiger partial charge in [0, 0.05) is 6.54 Å². The minimum Gasteiger partial charge on any atom is -0.445 e. The van der Waals surface area contributed by atoms with Crippen molar-refractivity contribution in [2.45, 2.75) is 98.1 Å². The first-order valence-corrected chi connectivity index (χ1v) is 13.9. The number of hydrogen-bond donors (Lipinski definition) is 5. The van der Waals surface area contributed by atoms with Crippen molar-refractivity contribution in [3.63, 3.8) is 0 Å². The maximum absolute atomic E-state index is 13.3. The Bertz CT molecular complexity index is 1010. The lowest BCUT2D eigenvalue weighted by molar-refractivity contribution is -0.133. The first-order chi connectivity index (χ1) is 19.1. The van der Waals surface area contributed by atoms with E-state index in [0.29, 0.717) is 12.8 Å². The van der Waals surface area contributed by atoms with Gasteiger partial charge >= 0.3 is 12.2 Å². The van der Waals surface area contributed by atoms with Crippen LogP contribution in [0.5, 0.6) is 0 Å². The monoisotopic (exact) mass is 577 g/mol. The Labute approximate surface area is 242 Å². The Hall–Kier alpha value is -3.83. The minimum absolute atomic E-state index is 0.103. The molecular weight excluding hydrogens is 530 g/mol. The molecule has 0 aliphatic rings. The van der Waals surface area contributed by atoms with Crippen molar-refractivity contribution in [1.82, 2.24) is 21.3 Å². The van der Waals surface area contributed by atoms with Gasteiger partial charge in [-0.3, -0.25) is 14.4 Å². The zero-order chi connectivity index (χ0) is 31.2. The number of carbonyl (C=O) groups excluding carboxylic acids is 5. The molecule has 0 radical (unpaired) electrons. The van der Waals surface area contributed by atoms with Gasteiger partial charge in [0.1, 0.15) is 30.3 Å². The van der Waals surface area contributed by atoms with Gasteiger partial charge in [0.05, 0.1) is 0 Å². The number of nitrogens with two attached hydrogens (primary N) is 1. The summed E-state index contributed by atoms with van der Waals surface area (Å²) < 4.78 is 10.5. The fourth-order valence-electron chi connectivity index (χ4n) is 3.76. The van der Waals surface area contributed by atoms with Crippen LogP contribution in [0.2, 0.25) is 0 Å². The fourth-order valence-corrected chi connectivity index (χ4v) is 3.76. The van der Waals surface area contributed by atoms with Gasteiger partial charge in [0.25, 0.3) is 0 Å². The van der Waals surface area contributed by atoms with Crippen molar-refractivity contribution in [2.75, 3.05) is 6.54 Å². The van der Waals surface area contributed by atoms with E-state index < -0.39 is 53.6 Å². The Morgan fingerprint density at radius 1 is 0.854 bits per heavy atom. The van der Waals surface area contributed by atoms with E-state index in [-0.39, 0.29) is 31.4 Å². The normalized spacial score (nSPS) is 13.5. The maximum Gasteiger partial charge on any atom is 0.408 e. The van der Waals surface area contributed by atoms with Crippen LogP contribution in [0.25, 0.3) is 0 Å². The molecule has 1 aromatic rings. The van der Waals surface area contributed by atoms with Gasteiger partial charge in [-0.05, 0) is 57.4 Å². The van der Waals surface area contributed by atoms with E-state index >= 15 is 0 Å². The van der Waals surface area contributed by atoms with Gasteiger partial charge in [-0.2, -0.15) is 0 Å². The highest BCUT2D eigenvalue weighted by Crippen LogP contribution is 2.10. The molecule has 0 unspecified atom stereocenters. The molecule has 6 N–H and O–H groups in total. The number of primary amides is 1. The molecule has 0 aliphatic heterocycles. The topological polar surface area (TPSA) is 178 Å². The summed E-state index contributed by atoms with van der Waals surface area (Å²) in [4.78, 5) is 62.7. The summed E-state index contributed by atoms with van der Waals surface area (Å²) in [6.45, 7) is 12.7. The first kappa shape index (κ1) is 35.2. The van der Waals surface area contributed by atoms with Gasteiger partial charge < -0.3 is 36.5 Å². The molecule has 12 heteroatoms. The van der Waals surface area contributed by atoms with E-state index in [1.807, 2.05) is 44.2 Å². The highest BCUT2D eigenvalue weighted by Gasteiger charge is 2.31. The summed E-state index contributed by atoms with van der Waals surface area (Å²) in [6, 6.07) is 6.27. The summed E-state index contributed by atoms with van der Waals surface area (Å²) in [5.74, 6) is -2.08. The van der Waals surface area contributed by atoms with Gasteiger partial charge in [0.15, 0.2) is 0 Å². The van der Waals surface area contributed by atoms with Crippen LogP contribution in [-0.2, 0) is 30.5 Å². The van der Waals surface area contributed by atoms with E-state index in [0.717, 1.165) is 5.56 Å². The highest BCUT2D eigenvalue weighted by atomic mass is 16.6. The van der Waals surface area contributed by atoms with Crippen LogP contribution in [0, 0.1) is 11.8 Å². The predicted octanol–water partition coefficient (Wildman–Crippen LogP) is 2.74. The molecular formula is C29H47N5O7. The van der Waals surface area contributed by atoms with Crippen LogP contribution in [0.4, 0.5) is 9.59 Å². The molecule has 0 saturated heterocycles. The van der Waals surface area contributed by atoms with E-state index in [4.69, 9.17) is 15.2 Å². The van der Waals surface area contributed by atoms with Gasteiger partial charge in [-0.15, -0.1) is 0 Å². The van der Waals surface area contributed by atoms with Crippen LogP contribution in [0.1, 0.15) is 73.3 Å². The highest BCUT2D eigenvalue weighted by molar-refractivity contribution is 5.93. The quantitative estimate of drug-likeness (QED) is 0.199. The lowest BCUT2D eigenvalue weighted by Gasteiger charge is -2.28.